The molecular weight excluding hydrogens is 317 g/mol. The number of likely N-dealkylation sites (tertiary alicyclic amines) is 1. The molecule has 1 amide bonds. The molecule has 0 aliphatic carbocycles. The SMILES string of the molecule is CCN1CCN(CCC(=O)N2CC[C@@H](C)[C@@H]2c2cccc(F)c2)CC1. The summed E-state index contributed by atoms with van der Waals surface area (Å²) >= 11 is 0. The highest BCUT2D eigenvalue weighted by Gasteiger charge is 2.35. The number of carbonyl (C=O) groups is 1. The molecule has 0 spiro atoms. The molecule has 0 radical (unpaired) electrons. The van der Waals surface area contributed by atoms with Crippen LogP contribution >= 0.6 is 0 Å². The first kappa shape index (κ1) is 18.3. The van der Waals surface area contributed by atoms with Gasteiger partial charge in [0.05, 0.1) is 6.04 Å². The number of rotatable bonds is 5. The molecule has 3 rings (SSSR count). The molecule has 0 unspecified atom stereocenters. The number of piperazine rings is 1. The molecule has 2 atom stereocenters. The highest BCUT2D eigenvalue weighted by molar-refractivity contribution is 5.77. The van der Waals surface area contributed by atoms with Gasteiger partial charge in [-0.05, 0) is 36.6 Å². The molecule has 0 aromatic heterocycles. The fourth-order valence-corrected chi connectivity index (χ4v) is 4.15. The van der Waals surface area contributed by atoms with Crippen molar-refractivity contribution in [3.05, 3.63) is 35.6 Å². The summed E-state index contributed by atoms with van der Waals surface area (Å²) in [6.07, 6.45) is 1.55. The Bertz CT molecular complexity index is 586. The molecular formula is C20H30FN3O. The summed E-state index contributed by atoms with van der Waals surface area (Å²) in [6.45, 7) is 11.4. The molecule has 0 saturated carbocycles. The fraction of sp³-hybridized carbons (Fsp3) is 0.650. The van der Waals surface area contributed by atoms with Crippen molar-refractivity contribution in [2.45, 2.75) is 32.7 Å². The molecule has 2 fully saturated rings. The fourth-order valence-electron chi connectivity index (χ4n) is 4.15. The molecule has 0 bridgehead atoms. The van der Waals surface area contributed by atoms with Gasteiger partial charge in [0.2, 0.25) is 5.91 Å². The number of nitrogens with zero attached hydrogens (tertiary/aromatic N) is 3. The van der Waals surface area contributed by atoms with Gasteiger partial charge in [0, 0.05) is 45.7 Å². The van der Waals surface area contributed by atoms with Crippen LogP contribution in [0, 0.1) is 11.7 Å². The number of hydrogen-bond donors (Lipinski definition) is 0. The average molecular weight is 347 g/mol. The Kier molecular flexibility index (Phi) is 6.07. The standard InChI is InChI=1S/C20H30FN3O/c1-3-22-11-13-23(14-12-22)9-8-19(25)24-10-7-16(2)20(24)17-5-4-6-18(21)15-17/h4-6,15-16,20H,3,7-14H2,1-2H3/t16-,20-/m1/s1. The van der Waals surface area contributed by atoms with Crippen molar-refractivity contribution >= 4 is 5.91 Å². The van der Waals surface area contributed by atoms with E-state index in [2.05, 4.69) is 23.6 Å². The van der Waals surface area contributed by atoms with Gasteiger partial charge in [-0.25, -0.2) is 4.39 Å². The van der Waals surface area contributed by atoms with Crippen LogP contribution in [0.1, 0.15) is 38.3 Å². The van der Waals surface area contributed by atoms with E-state index in [-0.39, 0.29) is 17.8 Å². The van der Waals surface area contributed by atoms with Gasteiger partial charge < -0.3 is 14.7 Å². The first-order chi connectivity index (χ1) is 12.1. The molecule has 4 nitrogen and oxygen atoms in total. The van der Waals surface area contributed by atoms with Crippen molar-refractivity contribution in [1.29, 1.82) is 0 Å². The smallest absolute Gasteiger partial charge is 0.224 e. The number of carbonyl (C=O) groups excluding carboxylic acids is 1. The Hall–Kier alpha value is -1.46. The third kappa shape index (κ3) is 4.39. The van der Waals surface area contributed by atoms with Crippen LogP contribution in [0.3, 0.4) is 0 Å². The first-order valence-electron chi connectivity index (χ1n) is 9.58. The van der Waals surface area contributed by atoms with Gasteiger partial charge in [0.15, 0.2) is 0 Å². The van der Waals surface area contributed by atoms with Crippen molar-refractivity contribution in [3.63, 3.8) is 0 Å². The third-order valence-corrected chi connectivity index (χ3v) is 5.76. The van der Waals surface area contributed by atoms with Crippen molar-refractivity contribution < 1.29 is 9.18 Å². The van der Waals surface area contributed by atoms with E-state index in [9.17, 15) is 9.18 Å². The van der Waals surface area contributed by atoms with E-state index < -0.39 is 0 Å². The molecule has 0 N–H and O–H groups in total. The lowest BCUT2D eigenvalue weighted by atomic mass is 9.95. The van der Waals surface area contributed by atoms with Gasteiger partial charge in [0.25, 0.3) is 0 Å². The number of benzene rings is 1. The van der Waals surface area contributed by atoms with Gasteiger partial charge >= 0.3 is 0 Å². The van der Waals surface area contributed by atoms with Crippen molar-refractivity contribution in [3.8, 4) is 0 Å². The minimum Gasteiger partial charge on any atom is -0.335 e. The summed E-state index contributed by atoms with van der Waals surface area (Å²) in [7, 11) is 0. The van der Waals surface area contributed by atoms with Gasteiger partial charge in [-0.3, -0.25) is 4.79 Å². The zero-order chi connectivity index (χ0) is 17.8. The monoisotopic (exact) mass is 347 g/mol. The highest BCUT2D eigenvalue weighted by atomic mass is 19.1. The number of halogens is 1. The lowest BCUT2D eigenvalue weighted by molar-refractivity contribution is -0.133. The zero-order valence-electron chi connectivity index (χ0n) is 15.5. The summed E-state index contributed by atoms with van der Waals surface area (Å²) < 4.78 is 13.6. The summed E-state index contributed by atoms with van der Waals surface area (Å²) in [5.74, 6) is 0.355. The minimum absolute atomic E-state index is 0.0140. The average Bonchev–Trinajstić information content (AvgIpc) is 3.01. The molecule has 1 aromatic carbocycles. The maximum atomic E-state index is 13.6. The van der Waals surface area contributed by atoms with Gasteiger partial charge in [-0.2, -0.15) is 0 Å². The van der Waals surface area contributed by atoms with Crippen LogP contribution in [-0.2, 0) is 4.79 Å². The van der Waals surface area contributed by atoms with Gasteiger partial charge in [-0.1, -0.05) is 26.0 Å². The Morgan fingerprint density at radius 3 is 2.56 bits per heavy atom. The molecule has 1 aromatic rings. The highest BCUT2D eigenvalue weighted by Crippen LogP contribution is 2.37. The second-order valence-corrected chi connectivity index (χ2v) is 7.38. The van der Waals surface area contributed by atoms with E-state index in [1.165, 1.54) is 6.07 Å². The van der Waals surface area contributed by atoms with Crippen LogP contribution in [0.2, 0.25) is 0 Å². The molecule has 5 heteroatoms. The van der Waals surface area contributed by atoms with E-state index in [1.807, 2.05) is 11.0 Å². The summed E-state index contributed by atoms with van der Waals surface area (Å²) in [4.78, 5) is 19.6. The maximum absolute atomic E-state index is 13.6. The van der Waals surface area contributed by atoms with E-state index in [0.717, 1.165) is 57.8 Å². The largest absolute Gasteiger partial charge is 0.335 e. The lowest BCUT2D eigenvalue weighted by Crippen LogP contribution is -2.47. The lowest BCUT2D eigenvalue weighted by Gasteiger charge is -2.34. The van der Waals surface area contributed by atoms with Crippen LogP contribution in [0.4, 0.5) is 4.39 Å². The second-order valence-electron chi connectivity index (χ2n) is 7.38. The predicted molar refractivity (Wildman–Crippen MR) is 97.8 cm³/mol. The number of hydrogen-bond acceptors (Lipinski definition) is 3. The quantitative estimate of drug-likeness (QED) is 0.819. The van der Waals surface area contributed by atoms with Gasteiger partial charge in [0.1, 0.15) is 5.82 Å². The van der Waals surface area contributed by atoms with Crippen LogP contribution in [0.5, 0.6) is 0 Å². The summed E-state index contributed by atoms with van der Waals surface area (Å²) in [5.41, 5.74) is 0.926. The zero-order valence-corrected chi connectivity index (χ0v) is 15.5. The molecule has 2 heterocycles. The Morgan fingerprint density at radius 2 is 1.88 bits per heavy atom. The molecule has 2 aliphatic heterocycles. The number of likely N-dealkylation sites (N-methyl/N-ethyl adjacent to an activating group) is 1. The molecule has 138 valence electrons. The second kappa shape index (κ2) is 8.28. The van der Waals surface area contributed by atoms with Crippen LogP contribution in [-0.4, -0.2) is 66.4 Å². The molecule has 2 aliphatic rings. The van der Waals surface area contributed by atoms with Crippen molar-refractivity contribution in [2.75, 3.05) is 45.8 Å². The first-order valence-corrected chi connectivity index (χ1v) is 9.58. The molecule has 2 saturated heterocycles. The Morgan fingerprint density at radius 1 is 1.16 bits per heavy atom. The van der Waals surface area contributed by atoms with Crippen LogP contribution < -0.4 is 0 Å². The summed E-state index contributed by atoms with van der Waals surface area (Å²) in [6, 6.07) is 6.74. The van der Waals surface area contributed by atoms with Crippen LogP contribution in [0.25, 0.3) is 0 Å². The molecule has 25 heavy (non-hydrogen) atoms. The van der Waals surface area contributed by atoms with Crippen LogP contribution in [0.15, 0.2) is 24.3 Å². The van der Waals surface area contributed by atoms with E-state index in [4.69, 9.17) is 0 Å². The Balaban J connectivity index is 1.57. The van der Waals surface area contributed by atoms with Crippen molar-refractivity contribution in [2.24, 2.45) is 5.92 Å². The summed E-state index contributed by atoms with van der Waals surface area (Å²) in [5, 5.41) is 0. The minimum atomic E-state index is -0.224. The van der Waals surface area contributed by atoms with Crippen molar-refractivity contribution in [1.82, 2.24) is 14.7 Å². The topological polar surface area (TPSA) is 26.8 Å². The van der Waals surface area contributed by atoms with Gasteiger partial charge in [-0.15, -0.1) is 0 Å². The number of amides is 1. The van der Waals surface area contributed by atoms with E-state index >= 15 is 0 Å². The Labute approximate surface area is 150 Å². The normalized spacial score (nSPS) is 25.5. The maximum Gasteiger partial charge on any atom is 0.224 e. The predicted octanol–water partition coefficient (Wildman–Crippen LogP) is 2.76. The third-order valence-electron chi connectivity index (χ3n) is 5.76. The van der Waals surface area contributed by atoms with E-state index in [0.29, 0.717) is 12.3 Å². The van der Waals surface area contributed by atoms with E-state index in [1.54, 1.807) is 12.1 Å².